The fourth-order valence-corrected chi connectivity index (χ4v) is 7.83. The minimum Gasteiger partial charge on any atom is -0.494 e. The predicted octanol–water partition coefficient (Wildman–Crippen LogP) is 4.05. The van der Waals surface area contributed by atoms with Crippen LogP contribution in [0.1, 0.15) is 74.1 Å². The maximum Gasteiger partial charge on any atom is 0.408 e. The molecule has 1 aromatic carbocycles. The first-order chi connectivity index (χ1) is 26.2. The van der Waals surface area contributed by atoms with E-state index >= 15 is 0 Å². The summed E-state index contributed by atoms with van der Waals surface area (Å²) in [5.74, 6) is -1.66. The first-order valence-electron chi connectivity index (χ1n) is 18.4. The number of rotatable bonds is 13. The van der Waals surface area contributed by atoms with Gasteiger partial charge in [0.2, 0.25) is 27.7 Å². The van der Waals surface area contributed by atoms with Gasteiger partial charge in [-0.2, -0.15) is 0 Å². The standard InChI is InChI=1S/C39H51N7O9S/c1-10-17-39(8,35(49)45-56(51,52)24-15-16-24)44-32(47)28-20-23(22-46(28)34(48)31(37(2,3)4)43-36(50)55-38(5,6)7)54-33-26-14-12-11-13-25(26)30(53-9)29(42-33)27-21-40-18-19-41-27/h10-14,18-19,21,23-24,28,31H,1,15-17,20,22H2,2-9H3,(H,43,50)(H,44,47)(H,45,49)/t23-,28+,31-,39-/m1/s1. The topological polar surface area (TPSA) is 208 Å². The lowest BCUT2D eigenvalue weighted by Gasteiger charge is -2.36. The van der Waals surface area contributed by atoms with Crippen molar-refractivity contribution in [3.05, 3.63) is 55.5 Å². The zero-order valence-corrected chi connectivity index (χ0v) is 33.9. The van der Waals surface area contributed by atoms with E-state index < -0.39 is 73.8 Å². The van der Waals surface area contributed by atoms with Crippen molar-refractivity contribution in [2.24, 2.45) is 5.41 Å². The number of carbonyl (C=O) groups is 4. The second-order valence-electron chi connectivity index (χ2n) is 16.4. The molecule has 2 aromatic heterocycles. The number of carbonyl (C=O) groups excluding carboxylic acids is 4. The third-order valence-corrected chi connectivity index (χ3v) is 11.2. The SMILES string of the molecule is C=CC[C@@](C)(NC(=O)[C@@H]1C[C@@H](Oc2nc(-c3cnccn3)c(OC)c3ccccc23)CN1C(=O)[C@@H](NC(=O)OC(C)(C)C)C(C)(C)C)C(=O)NS(=O)(=O)C1CC1. The Bertz CT molecular complexity index is 2100. The van der Waals surface area contributed by atoms with Crippen LogP contribution in [0.4, 0.5) is 4.79 Å². The van der Waals surface area contributed by atoms with Gasteiger partial charge in [0.25, 0.3) is 5.91 Å². The maximum atomic E-state index is 14.6. The van der Waals surface area contributed by atoms with Gasteiger partial charge in [-0.3, -0.25) is 29.1 Å². The van der Waals surface area contributed by atoms with Gasteiger partial charge in [-0.05, 0) is 58.4 Å². The quantitative estimate of drug-likeness (QED) is 0.210. The highest BCUT2D eigenvalue weighted by Gasteiger charge is 2.49. The number of ether oxygens (including phenoxy) is 3. The molecule has 0 spiro atoms. The lowest BCUT2D eigenvalue weighted by Crippen LogP contribution is -2.62. The van der Waals surface area contributed by atoms with Crippen molar-refractivity contribution in [2.75, 3.05) is 13.7 Å². The van der Waals surface area contributed by atoms with E-state index in [1.54, 1.807) is 47.6 Å². The van der Waals surface area contributed by atoms with E-state index in [9.17, 15) is 27.6 Å². The van der Waals surface area contributed by atoms with Crippen LogP contribution < -0.4 is 24.8 Å². The molecule has 302 valence electrons. The smallest absolute Gasteiger partial charge is 0.408 e. The lowest BCUT2D eigenvalue weighted by molar-refractivity contribution is -0.143. The third kappa shape index (κ3) is 9.54. The number of hydrogen-bond acceptors (Lipinski definition) is 12. The zero-order valence-electron chi connectivity index (χ0n) is 33.0. The minimum atomic E-state index is -3.96. The van der Waals surface area contributed by atoms with Crippen LogP contribution in [0, 0.1) is 5.41 Å². The van der Waals surface area contributed by atoms with Crippen molar-refractivity contribution in [3.8, 4) is 23.0 Å². The number of pyridine rings is 1. The van der Waals surface area contributed by atoms with Gasteiger partial charge in [-0.25, -0.2) is 18.2 Å². The van der Waals surface area contributed by atoms with E-state index in [2.05, 4.69) is 31.9 Å². The van der Waals surface area contributed by atoms with Gasteiger partial charge < -0.3 is 29.7 Å². The second-order valence-corrected chi connectivity index (χ2v) is 18.3. The van der Waals surface area contributed by atoms with Crippen molar-refractivity contribution in [1.29, 1.82) is 0 Å². The van der Waals surface area contributed by atoms with Crippen molar-refractivity contribution in [3.63, 3.8) is 0 Å². The van der Waals surface area contributed by atoms with Gasteiger partial charge in [0.15, 0.2) is 5.75 Å². The molecule has 3 heterocycles. The van der Waals surface area contributed by atoms with E-state index in [1.165, 1.54) is 43.6 Å². The summed E-state index contributed by atoms with van der Waals surface area (Å²) in [6.07, 6.45) is 5.01. The first kappa shape index (κ1) is 41.8. The number of methoxy groups -OCH3 is 1. The Balaban J connectivity index is 1.53. The molecule has 16 nitrogen and oxygen atoms in total. The van der Waals surface area contributed by atoms with Crippen LogP contribution in [0.3, 0.4) is 0 Å². The number of alkyl carbamates (subject to hydrolysis) is 1. The molecular weight excluding hydrogens is 743 g/mol. The molecule has 2 fully saturated rings. The van der Waals surface area contributed by atoms with E-state index in [-0.39, 0.29) is 25.3 Å². The highest BCUT2D eigenvalue weighted by Crippen LogP contribution is 2.40. The number of sulfonamides is 1. The minimum absolute atomic E-state index is 0.0600. The van der Waals surface area contributed by atoms with Crippen LogP contribution >= 0.6 is 0 Å². The number of hydrogen-bond donors (Lipinski definition) is 3. The number of aromatic nitrogens is 3. The Morgan fingerprint density at radius 3 is 2.29 bits per heavy atom. The van der Waals surface area contributed by atoms with Crippen molar-refractivity contribution >= 4 is 44.6 Å². The van der Waals surface area contributed by atoms with E-state index in [0.717, 1.165) is 0 Å². The number of benzene rings is 1. The fraction of sp³-hybridized carbons (Fsp3) is 0.513. The van der Waals surface area contributed by atoms with E-state index in [4.69, 9.17) is 19.2 Å². The van der Waals surface area contributed by atoms with Gasteiger partial charge in [-0.1, -0.05) is 45.0 Å². The number of likely N-dealkylation sites (tertiary alicyclic amines) is 1. The highest BCUT2D eigenvalue weighted by atomic mass is 32.2. The molecule has 1 aliphatic carbocycles. The molecule has 1 saturated heterocycles. The summed E-state index contributed by atoms with van der Waals surface area (Å²) in [7, 11) is -2.44. The average Bonchev–Trinajstić information content (AvgIpc) is 3.90. The van der Waals surface area contributed by atoms with Crippen LogP contribution in [0.25, 0.3) is 22.2 Å². The second kappa shape index (κ2) is 16.0. The van der Waals surface area contributed by atoms with Gasteiger partial charge in [0.1, 0.15) is 40.7 Å². The largest absolute Gasteiger partial charge is 0.494 e. The van der Waals surface area contributed by atoms with Gasteiger partial charge in [-0.15, -0.1) is 6.58 Å². The summed E-state index contributed by atoms with van der Waals surface area (Å²) in [5, 5.41) is 5.99. The van der Waals surface area contributed by atoms with Crippen LogP contribution in [-0.2, 0) is 29.1 Å². The summed E-state index contributed by atoms with van der Waals surface area (Å²) >= 11 is 0. The maximum absolute atomic E-state index is 14.6. The lowest BCUT2D eigenvalue weighted by atomic mass is 9.85. The Labute approximate surface area is 327 Å². The number of amides is 4. The molecule has 4 amide bonds. The molecule has 4 atom stereocenters. The highest BCUT2D eigenvalue weighted by molar-refractivity contribution is 7.91. The van der Waals surface area contributed by atoms with Crippen LogP contribution in [-0.4, -0.2) is 100 Å². The normalized spacial score (nSPS) is 19.0. The van der Waals surface area contributed by atoms with Crippen LogP contribution in [0.5, 0.6) is 11.6 Å². The summed E-state index contributed by atoms with van der Waals surface area (Å²) in [5.41, 5.74) is -2.69. The van der Waals surface area contributed by atoms with Crippen LogP contribution in [0.2, 0.25) is 0 Å². The third-order valence-electron chi connectivity index (χ3n) is 9.39. The molecule has 56 heavy (non-hydrogen) atoms. The number of nitrogens with one attached hydrogen (secondary N) is 3. The van der Waals surface area contributed by atoms with Gasteiger partial charge in [0, 0.05) is 29.6 Å². The molecule has 0 unspecified atom stereocenters. The molecule has 3 aromatic rings. The molecule has 0 bridgehead atoms. The summed E-state index contributed by atoms with van der Waals surface area (Å²) < 4.78 is 45.4. The molecule has 5 rings (SSSR count). The Kier molecular flexibility index (Phi) is 12.0. The zero-order chi connectivity index (χ0) is 41.2. The monoisotopic (exact) mass is 793 g/mol. The molecule has 0 radical (unpaired) electrons. The summed E-state index contributed by atoms with van der Waals surface area (Å²) in [6.45, 7) is 15.4. The van der Waals surface area contributed by atoms with E-state index in [1.807, 2.05) is 18.2 Å². The van der Waals surface area contributed by atoms with Crippen molar-refractivity contribution in [2.45, 2.75) is 109 Å². The fourth-order valence-electron chi connectivity index (χ4n) is 6.42. The van der Waals surface area contributed by atoms with Crippen molar-refractivity contribution in [1.82, 2.24) is 35.2 Å². The predicted molar refractivity (Wildman–Crippen MR) is 208 cm³/mol. The van der Waals surface area contributed by atoms with Gasteiger partial charge in [0.05, 0.1) is 25.1 Å². The molecule has 2 aliphatic rings. The van der Waals surface area contributed by atoms with Crippen LogP contribution in [0.15, 0.2) is 55.5 Å². The summed E-state index contributed by atoms with van der Waals surface area (Å²) in [4.78, 5) is 70.3. The number of nitrogens with zero attached hydrogens (tertiary/aromatic N) is 4. The Morgan fingerprint density at radius 2 is 1.71 bits per heavy atom. The molecule has 3 N–H and O–H groups in total. The molecule has 1 aliphatic heterocycles. The molecule has 17 heteroatoms. The average molecular weight is 794 g/mol. The Hall–Kier alpha value is -5.32. The number of fused-ring (bicyclic) bond motifs is 1. The molecule has 1 saturated carbocycles. The van der Waals surface area contributed by atoms with Gasteiger partial charge >= 0.3 is 6.09 Å². The first-order valence-corrected chi connectivity index (χ1v) is 19.9. The Morgan fingerprint density at radius 1 is 1.04 bits per heavy atom. The summed E-state index contributed by atoms with van der Waals surface area (Å²) in [6, 6.07) is 4.89. The van der Waals surface area contributed by atoms with E-state index in [0.29, 0.717) is 40.8 Å². The molecular formula is C39H51N7O9S. The van der Waals surface area contributed by atoms with Crippen molar-refractivity contribution < 1.29 is 41.8 Å².